The number of nitrogens with one attached hydrogen (secondary N) is 1. The molecule has 0 saturated carbocycles. The van der Waals surface area contributed by atoms with Gasteiger partial charge in [-0.2, -0.15) is 5.10 Å². The fraction of sp³-hybridized carbons (Fsp3) is 0.231. The molecule has 0 aliphatic heterocycles. The number of hydrogen-bond donors (Lipinski definition) is 2. The van der Waals surface area contributed by atoms with Crippen LogP contribution in [0.2, 0.25) is 0 Å². The van der Waals surface area contributed by atoms with Crippen LogP contribution < -0.4 is 0 Å². The molecule has 1 aromatic carbocycles. The van der Waals surface area contributed by atoms with E-state index in [2.05, 4.69) is 10.2 Å². The van der Waals surface area contributed by atoms with Crippen LogP contribution in [0.4, 0.5) is 0 Å². The van der Waals surface area contributed by atoms with E-state index < -0.39 is 5.97 Å². The summed E-state index contributed by atoms with van der Waals surface area (Å²) in [4.78, 5) is 11.9. The molecule has 0 fully saturated rings. The van der Waals surface area contributed by atoms with Crippen LogP contribution in [0.15, 0.2) is 29.2 Å². The zero-order valence-corrected chi connectivity index (χ0v) is 11.0. The van der Waals surface area contributed by atoms with Gasteiger partial charge in [0, 0.05) is 16.2 Å². The monoisotopic (exact) mass is 262 g/mol. The van der Waals surface area contributed by atoms with Crippen molar-refractivity contribution in [1.82, 2.24) is 10.2 Å². The predicted molar refractivity (Wildman–Crippen MR) is 71.9 cm³/mol. The molecule has 0 spiro atoms. The Morgan fingerprint density at radius 2 is 2.06 bits per heavy atom. The highest BCUT2D eigenvalue weighted by Crippen LogP contribution is 2.25. The summed E-state index contributed by atoms with van der Waals surface area (Å²) in [5.41, 5.74) is 3.37. The maximum absolute atomic E-state index is 10.7. The van der Waals surface area contributed by atoms with Crippen LogP contribution in [-0.4, -0.2) is 27.5 Å². The molecule has 18 heavy (non-hydrogen) atoms. The van der Waals surface area contributed by atoms with Gasteiger partial charge in [-0.05, 0) is 30.9 Å². The topological polar surface area (TPSA) is 66.0 Å². The molecule has 0 unspecified atom stereocenters. The number of carboxylic acids is 1. The van der Waals surface area contributed by atoms with Gasteiger partial charge in [0.15, 0.2) is 0 Å². The van der Waals surface area contributed by atoms with Crippen LogP contribution >= 0.6 is 11.8 Å². The van der Waals surface area contributed by atoms with Crippen LogP contribution in [0.1, 0.15) is 11.3 Å². The molecule has 0 bridgehead atoms. The highest BCUT2D eigenvalue weighted by Gasteiger charge is 2.13. The zero-order valence-electron chi connectivity index (χ0n) is 10.2. The Morgan fingerprint density at radius 1 is 1.39 bits per heavy atom. The molecule has 0 atom stereocenters. The minimum absolute atomic E-state index is 0.0261. The van der Waals surface area contributed by atoms with Gasteiger partial charge in [0.1, 0.15) is 0 Å². The summed E-state index contributed by atoms with van der Waals surface area (Å²) in [6, 6.07) is 8.06. The maximum Gasteiger partial charge on any atom is 0.309 e. The zero-order chi connectivity index (χ0) is 13.1. The van der Waals surface area contributed by atoms with Crippen molar-refractivity contribution in [2.45, 2.75) is 18.2 Å². The Bertz CT molecular complexity index is 561. The first kappa shape index (κ1) is 12.7. The second-order valence-corrected chi connectivity index (χ2v) is 4.85. The van der Waals surface area contributed by atoms with Gasteiger partial charge in [0.25, 0.3) is 0 Å². The van der Waals surface area contributed by atoms with Crippen LogP contribution in [0.5, 0.6) is 0 Å². The van der Waals surface area contributed by atoms with E-state index in [1.54, 1.807) is 11.8 Å². The molecule has 94 valence electrons. The van der Waals surface area contributed by atoms with Gasteiger partial charge in [-0.1, -0.05) is 12.1 Å². The van der Waals surface area contributed by atoms with E-state index in [4.69, 9.17) is 5.11 Å². The summed E-state index contributed by atoms with van der Waals surface area (Å²) in [6.07, 6.45) is 2.00. The number of rotatable bonds is 4. The number of aliphatic carboxylic acids is 1. The van der Waals surface area contributed by atoms with Gasteiger partial charge in [0.05, 0.1) is 12.1 Å². The van der Waals surface area contributed by atoms with E-state index in [1.165, 1.54) is 4.90 Å². The molecule has 5 heteroatoms. The van der Waals surface area contributed by atoms with E-state index in [1.807, 2.05) is 37.4 Å². The first-order valence-electron chi connectivity index (χ1n) is 5.52. The molecule has 2 N–H and O–H groups in total. The van der Waals surface area contributed by atoms with Crippen LogP contribution in [0, 0.1) is 6.92 Å². The first-order chi connectivity index (χ1) is 8.61. The minimum atomic E-state index is -0.856. The van der Waals surface area contributed by atoms with Crippen molar-refractivity contribution in [3.05, 3.63) is 35.5 Å². The van der Waals surface area contributed by atoms with E-state index in [0.29, 0.717) is 5.69 Å². The molecule has 2 rings (SSSR count). The highest BCUT2D eigenvalue weighted by molar-refractivity contribution is 7.98. The average Bonchev–Trinajstić information content (AvgIpc) is 2.71. The fourth-order valence-electron chi connectivity index (χ4n) is 1.79. The molecule has 0 aliphatic rings. The lowest BCUT2D eigenvalue weighted by Gasteiger charge is -2.01. The van der Waals surface area contributed by atoms with Crippen LogP contribution in [-0.2, 0) is 11.2 Å². The van der Waals surface area contributed by atoms with Gasteiger partial charge in [-0.25, -0.2) is 0 Å². The fourth-order valence-corrected chi connectivity index (χ4v) is 2.20. The number of benzene rings is 1. The summed E-state index contributed by atoms with van der Waals surface area (Å²) in [5, 5.41) is 15.8. The summed E-state index contributed by atoms with van der Waals surface area (Å²) in [7, 11) is 0. The number of H-pyrrole nitrogens is 1. The lowest BCUT2D eigenvalue weighted by Crippen LogP contribution is -2.01. The maximum atomic E-state index is 10.7. The SMILES string of the molecule is CSc1ccc(-c2n[nH]c(CC(=O)O)c2C)cc1. The number of thioether (sulfide) groups is 1. The van der Waals surface area contributed by atoms with Crippen molar-refractivity contribution < 1.29 is 9.90 Å². The van der Waals surface area contributed by atoms with Crippen molar-refractivity contribution in [2.75, 3.05) is 6.26 Å². The Labute approximate surface area is 109 Å². The van der Waals surface area contributed by atoms with E-state index in [0.717, 1.165) is 16.8 Å². The standard InChI is InChI=1S/C13H14N2O2S/c1-8-11(7-12(16)17)14-15-13(8)9-3-5-10(18-2)6-4-9/h3-6H,7H2,1-2H3,(H,14,15)(H,16,17). The highest BCUT2D eigenvalue weighted by atomic mass is 32.2. The number of carbonyl (C=O) groups is 1. The van der Waals surface area contributed by atoms with Crippen molar-refractivity contribution in [3.8, 4) is 11.3 Å². The van der Waals surface area contributed by atoms with Gasteiger partial charge in [0.2, 0.25) is 0 Å². The van der Waals surface area contributed by atoms with Gasteiger partial charge in [-0.15, -0.1) is 11.8 Å². The third kappa shape index (κ3) is 2.56. The largest absolute Gasteiger partial charge is 0.481 e. The molecule has 1 aromatic heterocycles. The molecule has 2 aromatic rings. The van der Waals surface area contributed by atoms with E-state index in [9.17, 15) is 4.79 Å². The average molecular weight is 262 g/mol. The van der Waals surface area contributed by atoms with Crippen LogP contribution in [0.3, 0.4) is 0 Å². The summed E-state index contributed by atoms with van der Waals surface area (Å²) >= 11 is 1.68. The first-order valence-corrected chi connectivity index (χ1v) is 6.74. The summed E-state index contributed by atoms with van der Waals surface area (Å²) < 4.78 is 0. The lowest BCUT2D eigenvalue weighted by molar-refractivity contribution is -0.136. The molecule has 0 radical (unpaired) electrons. The number of hydrogen-bond acceptors (Lipinski definition) is 3. The smallest absolute Gasteiger partial charge is 0.309 e. The molecular formula is C13H14N2O2S. The molecule has 0 amide bonds. The van der Waals surface area contributed by atoms with Gasteiger partial charge < -0.3 is 5.11 Å². The van der Waals surface area contributed by atoms with Crippen molar-refractivity contribution in [2.24, 2.45) is 0 Å². The lowest BCUT2D eigenvalue weighted by atomic mass is 10.1. The predicted octanol–water partition coefficient (Wildman–Crippen LogP) is 2.73. The Hall–Kier alpha value is -1.75. The molecule has 0 aliphatic carbocycles. The van der Waals surface area contributed by atoms with Gasteiger partial charge >= 0.3 is 5.97 Å². The Kier molecular flexibility index (Phi) is 3.72. The van der Waals surface area contributed by atoms with Crippen molar-refractivity contribution in [1.29, 1.82) is 0 Å². The number of aromatic nitrogens is 2. The number of nitrogens with zero attached hydrogens (tertiary/aromatic N) is 1. The summed E-state index contributed by atoms with van der Waals surface area (Å²) in [5.74, 6) is -0.856. The third-order valence-electron chi connectivity index (χ3n) is 2.80. The van der Waals surface area contributed by atoms with Crippen molar-refractivity contribution >= 4 is 17.7 Å². The van der Waals surface area contributed by atoms with E-state index >= 15 is 0 Å². The number of carboxylic acid groups (broad SMARTS) is 1. The Balaban J connectivity index is 2.32. The molecular weight excluding hydrogens is 248 g/mol. The normalized spacial score (nSPS) is 10.6. The molecule has 0 saturated heterocycles. The second kappa shape index (κ2) is 5.27. The minimum Gasteiger partial charge on any atom is -0.481 e. The Morgan fingerprint density at radius 3 is 2.61 bits per heavy atom. The third-order valence-corrected chi connectivity index (χ3v) is 3.55. The van der Waals surface area contributed by atoms with E-state index in [-0.39, 0.29) is 6.42 Å². The quantitative estimate of drug-likeness (QED) is 0.831. The summed E-state index contributed by atoms with van der Waals surface area (Å²) in [6.45, 7) is 1.89. The van der Waals surface area contributed by atoms with Crippen molar-refractivity contribution in [3.63, 3.8) is 0 Å². The molecule has 1 heterocycles. The van der Waals surface area contributed by atoms with Gasteiger partial charge in [-0.3, -0.25) is 9.89 Å². The molecule has 4 nitrogen and oxygen atoms in total. The number of aromatic amines is 1. The second-order valence-electron chi connectivity index (χ2n) is 3.97. The van der Waals surface area contributed by atoms with Crippen LogP contribution in [0.25, 0.3) is 11.3 Å².